The second-order valence-electron chi connectivity index (χ2n) is 4.73. The zero-order valence-electron chi connectivity index (χ0n) is 10.3. The summed E-state index contributed by atoms with van der Waals surface area (Å²) in [5.41, 5.74) is 0.326. The molecule has 1 aromatic rings. The standard InChI is InChI=1S/C13H14ClO4P/c14-11-5-3-10(4-6-11)13(7-1-2-8-13)12(15)9-18-19(16)17/h3-6H,1-2,7-9H2/p+1. The largest absolute Gasteiger partial charge is 0.695 e. The predicted octanol–water partition coefficient (Wildman–Crippen LogP) is 3.39. The Morgan fingerprint density at radius 2 is 1.89 bits per heavy atom. The Kier molecular flexibility index (Phi) is 4.69. The molecule has 0 aromatic heterocycles. The van der Waals surface area contributed by atoms with Crippen LogP contribution in [0, 0.1) is 0 Å². The molecule has 19 heavy (non-hydrogen) atoms. The molecule has 0 amide bonds. The Morgan fingerprint density at radius 3 is 2.42 bits per heavy atom. The summed E-state index contributed by atoms with van der Waals surface area (Å²) >= 11 is 5.86. The number of carbonyl (C=O) groups is 1. The molecule has 102 valence electrons. The SMILES string of the molecule is O=C(CO[P+](=O)O)C1(c2ccc(Cl)cc2)CCCC1. The predicted molar refractivity (Wildman–Crippen MR) is 72.4 cm³/mol. The van der Waals surface area contributed by atoms with Gasteiger partial charge in [-0.2, -0.15) is 0 Å². The van der Waals surface area contributed by atoms with Crippen molar-refractivity contribution in [3.8, 4) is 0 Å². The van der Waals surface area contributed by atoms with Crippen molar-refractivity contribution in [3.05, 3.63) is 34.9 Å². The summed E-state index contributed by atoms with van der Waals surface area (Å²) in [6.45, 7) is -0.325. The van der Waals surface area contributed by atoms with Gasteiger partial charge in [0.25, 0.3) is 0 Å². The summed E-state index contributed by atoms with van der Waals surface area (Å²) < 4.78 is 15.1. The number of hydrogen-bond acceptors (Lipinski definition) is 3. The van der Waals surface area contributed by atoms with Crippen molar-refractivity contribution in [1.82, 2.24) is 0 Å². The van der Waals surface area contributed by atoms with E-state index in [1.807, 2.05) is 12.1 Å². The van der Waals surface area contributed by atoms with Crippen molar-refractivity contribution >= 4 is 25.6 Å². The van der Waals surface area contributed by atoms with Crippen LogP contribution in [-0.2, 0) is 19.3 Å². The van der Waals surface area contributed by atoms with Crippen molar-refractivity contribution in [3.63, 3.8) is 0 Å². The Morgan fingerprint density at radius 1 is 1.32 bits per heavy atom. The van der Waals surface area contributed by atoms with Crippen LogP contribution in [0.4, 0.5) is 0 Å². The first kappa shape index (κ1) is 14.6. The molecule has 0 radical (unpaired) electrons. The molecular formula is C13H15ClO4P+. The van der Waals surface area contributed by atoms with E-state index in [9.17, 15) is 9.36 Å². The molecule has 1 aliphatic carbocycles. The number of ketones is 1. The lowest BCUT2D eigenvalue weighted by molar-refractivity contribution is -0.126. The third-order valence-electron chi connectivity index (χ3n) is 3.69. The van der Waals surface area contributed by atoms with E-state index in [1.165, 1.54) is 0 Å². The second kappa shape index (κ2) is 6.10. The highest BCUT2D eigenvalue weighted by Crippen LogP contribution is 2.42. The maximum absolute atomic E-state index is 12.4. The van der Waals surface area contributed by atoms with Crippen LogP contribution in [0.5, 0.6) is 0 Å². The summed E-state index contributed by atoms with van der Waals surface area (Å²) in [4.78, 5) is 21.0. The normalized spacial score (nSPS) is 18.3. The summed E-state index contributed by atoms with van der Waals surface area (Å²) in [6, 6.07) is 7.23. The minimum Gasteiger partial charge on any atom is -0.296 e. The highest BCUT2D eigenvalue weighted by atomic mass is 35.5. The minimum atomic E-state index is -2.74. The van der Waals surface area contributed by atoms with E-state index >= 15 is 0 Å². The molecule has 6 heteroatoms. The van der Waals surface area contributed by atoms with Gasteiger partial charge in [-0.15, -0.1) is 9.42 Å². The molecule has 1 aliphatic rings. The maximum Gasteiger partial charge on any atom is 0.695 e. The Bertz CT molecular complexity index is 480. The van der Waals surface area contributed by atoms with Crippen LogP contribution in [0.3, 0.4) is 0 Å². The number of halogens is 1. The highest BCUT2D eigenvalue weighted by molar-refractivity contribution is 7.32. The van der Waals surface area contributed by atoms with E-state index < -0.39 is 13.7 Å². The Balaban J connectivity index is 2.24. The number of benzene rings is 1. The van der Waals surface area contributed by atoms with Gasteiger partial charge in [0, 0.05) is 9.59 Å². The summed E-state index contributed by atoms with van der Waals surface area (Å²) in [5.74, 6) is -0.135. The molecule has 1 aromatic carbocycles. The Labute approximate surface area is 117 Å². The van der Waals surface area contributed by atoms with E-state index in [1.54, 1.807) is 12.1 Å². The van der Waals surface area contributed by atoms with Crippen LogP contribution in [0.2, 0.25) is 5.02 Å². The summed E-state index contributed by atoms with van der Waals surface area (Å²) in [6.07, 6.45) is 3.44. The first-order valence-corrected chi connectivity index (χ1v) is 7.64. The van der Waals surface area contributed by atoms with Gasteiger partial charge in [-0.1, -0.05) is 36.6 Å². The van der Waals surface area contributed by atoms with Gasteiger partial charge in [0.05, 0.1) is 5.41 Å². The molecule has 1 unspecified atom stereocenters. The zero-order chi connectivity index (χ0) is 13.9. The average Bonchev–Trinajstić information content (AvgIpc) is 2.87. The number of rotatable bonds is 5. The second-order valence-corrected chi connectivity index (χ2v) is 5.90. The molecule has 0 bridgehead atoms. The molecule has 0 heterocycles. The molecule has 0 saturated heterocycles. The smallest absolute Gasteiger partial charge is 0.296 e. The first-order chi connectivity index (χ1) is 9.04. The van der Waals surface area contributed by atoms with Crippen molar-refractivity contribution in [2.24, 2.45) is 0 Å². The molecule has 1 fully saturated rings. The van der Waals surface area contributed by atoms with Gasteiger partial charge < -0.3 is 0 Å². The maximum atomic E-state index is 12.4. The fourth-order valence-electron chi connectivity index (χ4n) is 2.73. The third-order valence-corrected chi connectivity index (χ3v) is 4.30. The molecular weight excluding hydrogens is 287 g/mol. The number of carbonyl (C=O) groups excluding carboxylic acids is 1. The molecule has 0 spiro atoms. The van der Waals surface area contributed by atoms with Crippen LogP contribution >= 0.6 is 19.9 Å². The lowest BCUT2D eigenvalue weighted by Gasteiger charge is -2.27. The zero-order valence-corrected chi connectivity index (χ0v) is 12.0. The van der Waals surface area contributed by atoms with Crippen molar-refractivity contribution in [1.29, 1.82) is 0 Å². The van der Waals surface area contributed by atoms with E-state index in [2.05, 4.69) is 4.52 Å². The monoisotopic (exact) mass is 301 g/mol. The quantitative estimate of drug-likeness (QED) is 0.847. The van der Waals surface area contributed by atoms with Gasteiger partial charge in [0.2, 0.25) is 0 Å². The third kappa shape index (κ3) is 3.21. The Hall–Kier alpha value is -0.800. The first-order valence-electron chi connectivity index (χ1n) is 6.13. The summed E-state index contributed by atoms with van der Waals surface area (Å²) in [5, 5.41) is 0.624. The lowest BCUT2D eigenvalue weighted by Crippen LogP contribution is -2.35. The van der Waals surface area contributed by atoms with E-state index in [4.69, 9.17) is 16.5 Å². The molecule has 4 nitrogen and oxygen atoms in total. The molecule has 0 aliphatic heterocycles. The molecule has 1 saturated carbocycles. The topological polar surface area (TPSA) is 63.6 Å². The number of Topliss-reactive ketones (excluding diaryl/α,β-unsaturated/α-hetero) is 1. The summed E-state index contributed by atoms with van der Waals surface area (Å²) in [7, 11) is -2.74. The van der Waals surface area contributed by atoms with Crippen LogP contribution in [-0.4, -0.2) is 17.3 Å². The van der Waals surface area contributed by atoms with Gasteiger partial charge in [-0.05, 0) is 30.5 Å². The fraction of sp³-hybridized carbons (Fsp3) is 0.462. The van der Waals surface area contributed by atoms with E-state index in [0.29, 0.717) is 5.02 Å². The van der Waals surface area contributed by atoms with Gasteiger partial charge >= 0.3 is 8.25 Å². The van der Waals surface area contributed by atoms with Crippen molar-refractivity contribution in [2.75, 3.05) is 6.61 Å². The minimum absolute atomic E-state index is 0.135. The van der Waals surface area contributed by atoms with Crippen LogP contribution in [0.15, 0.2) is 24.3 Å². The molecule has 2 rings (SSSR count). The average molecular weight is 302 g/mol. The van der Waals surface area contributed by atoms with E-state index in [-0.39, 0.29) is 12.4 Å². The van der Waals surface area contributed by atoms with Crippen LogP contribution in [0.1, 0.15) is 31.2 Å². The number of hydrogen-bond donors (Lipinski definition) is 1. The van der Waals surface area contributed by atoms with Crippen molar-refractivity contribution < 1.29 is 18.8 Å². The van der Waals surface area contributed by atoms with Gasteiger partial charge in [-0.3, -0.25) is 4.79 Å². The highest BCUT2D eigenvalue weighted by Gasteiger charge is 2.43. The van der Waals surface area contributed by atoms with Crippen molar-refractivity contribution in [2.45, 2.75) is 31.1 Å². The molecule has 1 N–H and O–H groups in total. The van der Waals surface area contributed by atoms with Gasteiger partial charge in [0.15, 0.2) is 12.4 Å². The van der Waals surface area contributed by atoms with Crippen LogP contribution in [0.25, 0.3) is 0 Å². The molecule has 1 atom stereocenters. The van der Waals surface area contributed by atoms with Gasteiger partial charge in [-0.25, -0.2) is 0 Å². The fourth-order valence-corrected chi connectivity index (χ4v) is 3.08. The van der Waals surface area contributed by atoms with E-state index in [0.717, 1.165) is 31.2 Å². The van der Waals surface area contributed by atoms with Gasteiger partial charge in [0.1, 0.15) is 0 Å². The lowest BCUT2D eigenvalue weighted by atomic mass is 9.75. The van der Waals surface area contributed by atoms with Crippen LogP contribution < -0.4 is 0 Å².